The number of fused-ring (bicyclic) bond motifs is 1. The first kappa shape index (κ1) is 17.8. The number of anilines is 2. The first-order valence-corrected chi connectivity index (χ1v) is 9.50. The molecule has 29 heavy (non-hydrogen) atoms. The molecule has 1 saturated carbocycles. The van der Waals surface area contributed by atoms with Gasteiger partial charge in [0.1, 0.15) is 5.70 Å². The molecule has 0 atom stereocenters. The fourth-order valence-corrected chi connectivity index (χ4v) is 3.47. The van der Waals surface area contributed by atoms with Gasteiger partial charge < -0.3 is 15.5 Å². The molecule has 2 aromatic heterocycles. The lowest BCUT2D eigenvalue weighted by Gasteiger charge is -2.32. The van der Waals surface area contributed by atoms with Gasteiger partial charge in [0.15, 0.2) is 11.5 Å². The highest BCUT2D eigenvalue weighted by Gasteiger charge is 2.35. The van der Waals surface area contributed by atoms with Crippen LogP contribution in [0.4, 0.5) is 25.1 Å². The summed E-state index contributed by atoms with van der Waals surface area (Å²) in [5.74, 6) is -2.61. The van der Waals surface area contributed by atoms with Crippen LogP contribution in [0.15, 0.2) is 18.0 Å². The third kappa shape index (κ3) is 3.47. The van der Waals surface area contributed by atoms with Crippen LogP contribution in [0.1, 0.15) is 31.4 Å². The van der Waals surface area contributed by atoms with Crippen molar-refractivity contribution in [2.24, 2.45) is 0 Å². The Kier molecular flexibility index (Phi) is 3.93. The molecule has 0 bridgehead atoms. The maximum Gasteiger partial charge on any atom is 0.326 e. The van der Waals surface area contributed by atoms with Crippen molar-refractivity contribution in [2.45, 2.75) is 37.6 Å². The van der Waals surface area contributed by atoms with Gasteiger partial charge in [-0.15, -0.1) is 5.10 Å². The van der Waals surface area contributed by atoms with Gasteiger partial charge in [-0.25, -0.2) is 23.1 Å². The van der Waals surface area contributed by atoms with E-state index < -0.39 is 17.9 Å². The van der Waals surface area contributed by atoms with Gasteiger partial charge in [0.05, 0.1) is 17.6 Å². The fourth-order valence-electron chi connectivity index (χ4n) is 3.47. The van der Waals surface area contributed by atoms with Crippen molar-refractivity contribution in [3.63, 3.8) is 0 Å². The van der Waals surface area contributed by atoms with Crippen molar-refractivity contribution in [3.8, 4) is 0 Å². The van der Waals surface area contributed by atoms with E-state index in [0.29, 0.717) is 23.2 Å². The number of carbonyl (C=O) groups excluding carboxylic acids is 2. The summed E-state index contributed by atoms with van der Waals surface area (Å²) >= 11 is 0. The van der Waals surface area contributed by atoms with Crippen molar-refractivity contribution in [1.29, 1.82) is 0 Å². The third-order valence-corrected chi connectivity index (χ3v) is 5.25. The zero-order chi connectivity index (χ0) is 20.2. The van der Waals surface area contributed by atoms with E-state index in [0.717, 1.165) is 18.5 Å². The highest BCUT2D eigenvalue weighted by molar-refractivity contribution is 6.13. The monoisotopic (exact) mass is 403 g/mol. The minimum atomic E-state index is -2.64. The van der Waals surface area contributed by atoms with Crippen LogP contribution >= 0.6 is 0 Å². The number of piperidine rings is 1. The lowest BCUT2D eigenvalue weighted by atomic mass is 10.1. The predicted molar refractivity (Wildman–Crippen MR) is 101 cm³/mol. The Morgan fingerprint density at radius 2 is 1.97 bits per heavy atom. The number of nitrogens with zero attached hydrogens (tertiary/aromatic N) is 4. The van der Waals surface area contributed by atoms with Crippen molar-refractivity contribution in [3.05, 3.63) is 23.7 Å². The first-order valence-electron chi connectivity index (χ1n) is 9.50. The maximum atomic E-state index is 13.6. The molecule has 2 aromatic rings. The minimum Gasteiger partial charge on any atom is -0.379 e. The van der Waals surface area contributed by atoms with Crippen molar-refractivity contribution in [1.82, 2.24) is 25.2 Å². The Balaban J connectivity index is 1.55. The quantitative estimate of drug-likeness (QED) is 0.531. The zero-order valence-corrected chi connectivity index (χ0v) is 15.4. The third-order valence-electron chi connectivity index (χ3n) is 5.25. The Hall–Kier alpha value is -3.24. The van der Waals surface area contributed by atoms with Crippen molar-refractivity contribution < 1.29 is 18.4 Å². The van der Waals surface area contributed by atoms with Gasteiger partial charge >= 0.3 is 6.03 Å². The summed E-state index contributed by atoms with van der Waals surface area (Å²) in [7, 11) is 0. The van der Waals surface area contributed by atoms with Gasteiger partial charge in [-0.05, 0) is 18.9 Å². The highest BCUT2D eigenvalue weighted by Crippen LogP contribution is 2.33. The number of alkyl halides is 2. The van der Waals surface area contributed by atoms with E-state index in [1.165, 1.54) is 6.08 Å². The van der Waals surface area contributed by atoms with E-state index in [1.54, 1.807) is 10.7 Å². The fraction of sp³-hybridized carbons (Fsp3) is 0.444. The van der Waals surface area contributed by atoms with Gasteiger partial charge in [-0.3, -0.25) is 10.1 Å². The number of amides is 3. The van der Waals surface area contributed by atoms with E-state index in [-0.39, 0.29) is 31.6 Å². The molecule has 5 rings (SSSR count). The number of halogens is 2. The van der Waals surface area contributed by atoms with Crippen LogP contribution in [0.3, 0.4) is 0 Å². The molecule has 2 aliphatic heterocycles. The molecule has 2 saturated heterocycles. The summed E-state index contributed by atoms with van der Waals surface area (Å²) in [5.41, 5.74) is 1.92. The number of rotatable bonds is 4. The maximum absolute atomic E-state index is 13.6. The van der Waals surface area contributed by atoms with Crippen LogP contribution in [0.25, 0.3) is 11.7 Å². The summed E-state index contributed by atoms with van der Waals surface area (Å²) in [4.78, 5) is 29.4. The molecule has 11 heteroatoms. The summed E-state index contributed by atoms with van der Waals surface area (Å²) in [6.45, 7) is 0.413. The van der Waals surface area contributed by atoms with Crippen molar-refractivity contribution >= 4 is 35.2 Å². The molecule has 0 aromatic carbocycles. The molecule has 3 aliphatic rings. The van der Waals surface area contributed by atoms with Gasteiger partial charge in [0.25, 0.3) is 11.8 Å². The molecule has 0 unspecified atom stereocenters. The Morgan fingerprint density at radius 1 is 1.21 bits per heavy atom. The summed E-state index contributed by atoms with van der Waals surface area (Å²) in [6.07, 6.45) is 4.73. The molecule has 152 valence electrons. The molecule has 3 fully saturated rings. The number of urea groups is 1. The number of nitrogens with one attached hydrogen (secondary N) is 3. The van der Waals surface area contributed by atoms with Gasteiger partial charge in [0, 0.05) is 38.0 Å². The average Bonchev–Trinajstić information content (AvgIpc) is 3.30. The topological polar surface area (TPSA) is 104 Å². The summed E-state index contributed by atoms with van der Waals surface area (Å²) in [6, 6.07) is 1.61. The second-order valence-electron chi connectivity index (χ2n) is 7.56. The van der Waals surface area contributed by atoms with Gasteiger partial charge in [0.2, 0.25) is 0 Å². The molecular formula is C18H19F2N7O2. The normalized spacial score (nSPS) is 22.8. The van der Waals surface area contributed by atoms with Crippen LogP contribution in [0, 0.1) is 0 Å². The number of hydrogen-bond acceptors (Lipinski definition) is 6. The van der Waals surface area contributed by atoms with E-state index in [1.807, 2.05) is 11.0 Å². The van der Waals surface area contributed by atoms with Crippen LogP contribution in [0.5, 0.6) is 0 Å². The largest absolute Gasteiger partial charge is 0.379 e. The van der Waals surface area contributed by atoms with E-state index in [4.69, 9.17) is 0 Å². The van der Waals surface area contributed by atoms with E-state index >= 15 is 0 Å². The minimum absolute atomic E-state index is 0.0957. The number of imide groups is 1. The van der Waals surface area contributed by atoms with Crippen molar-refractivity contribution in [2.75, 3.05) is 23.3 Å². The highest BCUT2D eigenvalue weighted by atomic mass is 19.3. The van der Waals surface area contributed by atoms with E-state index in [9.17, 15) is 18.4 Å². The SMILES string of the molecule is O=C1NC(=O)/C(=C/c2cnc3c(NC4CC4)cc(N4CCC(F)(F)CC4)nn23)N1. The molecular weight excluding hydrogens is 384 g/mol. The molecule has 4 heterocycles. The molecule has 1 aliphatic carbocycles. The Labute approximate surface area is 164 Å². The van der Waals surface area contributed by atoms with Crippen LogP contribution in [-0.2, 0) is 4.79 Å². The number of aromatic nitrogens is 3. The Bertz CT molecular complexity index is 1030. The van der Waals surface area contributed by atoms with Crippen LogP contribution < -0.4 is 20.9 Å². The number of hydrogen-bond donors (Lipinski definition) is 3. The number of imidazole rings is 1. The standard InChI is InChI=1S/C18H19F2N7O2/c19-18(20)3-5-26(6-4-18)14-8-12(22-10-1-2-10)15-21-9-11(27(15)25-14)7-13-16(28)24-17(29)23-13/h7-10,22H,1-6H2,(H2,23,24,28,29)/b13-7-. The van der Waals surface area contributed by atoms with Gasteiger partial charge in [-0.2, -0.15) is 0 Å². The molecule has 0 radical (unpaired) electrons. The average molecular weight is 403 g/mol. The summed E-state index contributed by atoms with van der Waals surface area (Å²) in [5, 5.41) is 12.6. The molecule has 9 nitrogen and oxygen atoms in total. The smallest absolute Gasteiger partial charge is 0.326 e. The van der Waals surface area contributed by atoms with Gasteiger partial charge in [-0.1, -0.05) is 0 Å². The molecule has 3 amide bonds. The first-order chi connectivity index (χ1) is 13.9. The Morgan fingerprint density at radius 3 is 2.62 bits per heavy atom. The van der Waals surface area contributed by atoms with Crippen LogP contribution in [-0.4, -0.2) is 51.6 Å². The number of carbonyl (C=O) groups is 2. The predicted octanol–water partition coefficient (Wildman–Crippen LogP) is 1.72. The lowest BCUT2D eigenvalue weighted by Crippen LogP contribution is -2.40. The second kappa shape index (κ2) is 6.39. The molecule has 0 spiro atoms. The van der Waals surface area contributed by atoms with Crippen LogP contribution in [0.2, 0.25) is 0 Å². The second-order valence-corrected chi connectivity index (χ2v) is 7.56. The molecule has 3 N–H and O–H groups in total. The van der Waals surface area contributed by atoms with E-state index in [2.05, 4.69) is 26.0 Å². The lowest BCUT2D eigenvalue weighted by molar-refractivity contribution is -0.115. The zero-order valence-electron chi connectivity index (χ0n) is 15.4. The summed E-state index contributed by atoms with van der Waals surface area (Å²) < 4.78 is 28.7.